The number of anilines is 1. The Morgan fingerprint density at radius 1 is 1.19 bits per heavy atom. The summed E-state index contributed by atoms with van der Waals surface area (Å²) in [6.45, 7) is 1.89. The molecule has 0 bridgehead atoms. The van der Waals surface area contributed by atoms with Gasteiger partial charge in [0.05, 0.1) is 12.4 Å². The molecule has 0 aliphatic carbocycles. The minimum absolute atomic E-state index is 0.174. The summed E-state index contributed by atoms with van der Waals surface area (Å²) in [5.74, 6) is 1.58. The summed E-state index contributed by atoms with van der Waals surface area (Å²) >= 11 is 0. The molecule has 2 aromatic carbocycles. The van der Waals surface area contributed by atoms with Crippen molar-refractivity contribution in [1.82, 2.24) is 9.78 Å². The van der Waals surface area contributed by atoms with E-state index in [4.69, 9.17) is 14.2 Å². The molecular formula is C19H16FN3O4. The lowest BCUT2D eigenvalue weighted by molar-refractivity contribution is -0.119. The van der Waals surface area contributed by atoms with E-state index in [1.807, 2.05) is 0 Å². The van der Waals surface area contributed by atoms with Crippen LogP contribution in [0.1, 0.15) is 13.0 Å². The fourth-order valence-corrected chi connectivity index (χ4v) is 2.56. The molecule has 4 rings (SSSR count). The fraction of sp³-hybridized carbons (Fsp3) is 0.158. The first kappa shape index (κ1) is 16.9. The number of halogens is 1. The van der Waals surface area contributed by atoms with Crippen molar-refractivity contribution >= 4 is 11.6 Å². The maximum Gasteiger partial charge on any atom is 0.248 e. The van der Waals surface area contributed by atoms with E-state index in [-0.39, 0.29) is 18.5 Å². The highest BCUT2D eigenvalue weighted by Gasteiger charge is 2.19. The van der Waals surface area contributed by atoms with Crippen LogP contribution in [0, 0.1) is 5.82 Å². The summed E-state index contributed by atoms with van der Waals surface area (Å²) in [6, 6.07) is 10.3. The van der Waals surface area contributed by atoms with Crippen LogP contribution in [0.15, 0.2) is 54.9 Å². The summed E-state index contributed by atoms with van der Waals surface area (Å²) in [5.41, 5.74) is 0.603. The third-order valence-corrected chi connectivity index (χ3v) is 4.04. The molecule has 138 valence electrons. The van der Waals surface area contributed by atoms with Crippen LogP contribution in [0.2, 0.25) is 0 Å². The van der Waals surface area contributed by atoms with Gasteiger partial charge < -0.3 is 19.5 Å². The van der Waals surface area contributed by atoms with Crippen molar-refractivity contribution in [3.8, 4) is 23.0 Å². The Balaban J connectivity index is 1.41. The minimum atomic E-state index is -0.569. The van der Waals surface area contributed by atoms with Gasteiger partial charge in [-0.05, 0) is 43.3 Å². The lowest BCUT2D eigenvalue weighted by Gasteiger charge is -2.13. The molecule has 1 aromatic heterocycles. The van der Waals surface area contributed by atoms with Crippen LogP contribution in [0.25, 0.3) is 0 Å². The summed E-state index contributed by atoms with van der Waals surface area (Å²) in [6.07, 6.45) is 3.10. The first-order valence-corrected chi connectivity index (χ1v) is 8.26. The Labute approximate surface area is 154 Å². The zero-order chi connectivity index (χ0) is 18.8. The summed E-state index contributed by atoms with van der Waals surface area (Å²) in [5, 5.41) is 6.98. The molecule has 0 radical (unpaired) electrons. The molecule has 8 heteroatoms. The van der Waals surface area contributed by atoms with Crippen LogP contribution >= 0.6 is 0 Å². The van der Waals surface area contributed by atoms with E-state index in [2.05, 4.69) is 10.4 Å². The Kier molecular flexibility index (Phi) is 4.37. The third-order valence-electron chi connectivity index (χ3n) is 4.04. The number of fused-ring (bicyclic) bond motifs is 1. The van der Waals surface area contributed by atoms with Crippen LogP contribution in [-0.2, 0) is 4.79 Å². The first-order chi connectivity index (χ1) is 13.1. The van der Waals surface area contributed by atoms with Crippen LogP contribution in [0.4, 0.5) is 10.1 Å². The number of hydrogen-bond acceptors (Lipinski definition) is 5. The van der Waals surface area contributed by atoms with Gasteiger partial charge in [0.25, 0.3) is 0 Å². The number of aromatic nitrogens is 2. The third kappa shape index (κ3) is 3.69. The predicted molar refractivity (Wildman–Crippen MR) is 94.6 cm³/mol. The number of rotatable bonds is 5. The topological polar surface area (TPSA) is 74.6 Å². The van der Waals surface area contributed by atoms with Crippen molar-refractivity contribution in [2.45, 2.75) is 13.0 Å². The monoisotopic (exact) mass is 369 g/mol. The summed E-state index contributed by atoms with van der Waals surface area (Å²) in [4.78, 5) is 12.5. The van der Waals surface area contributed by atoms with Gasteiger partial charge in [0, 0.05) is 11.8 Å². The van der Waals surface area contributed by atoms with Crippen molar-refractivity contribution in [1.29, 1.82) is 0 Å². The van der Waals surface area contributed by atoms with Gasteiger partial charge in [-0.15, -0.1) is 0 Å². The molecule has 1 amide bonds. The zero-order valence-electron chi connectivity index (χ0n) is 14.4. The zero-order valence-corrected chi connectivity index (χ0v) is 14.4. The Morgan fingerprint density at radius 3 is 2.78 bits per heavy atom. The number of hydrogen-bond donors (Lipinski definition) is 1. The second-order valence-corrected chi connectivity index (χ2v) is 5.95. The quantitative estimate of drug-likeness (QED) is 0.742. The van der Waals surface area contributed by atoms with E-state index in [9.17, 15) is 9.18 Å². The van der Waals surface area contributed by atoms with Gasteiger partial charge in [0.15, 0.2) is 17.2 Å². The summed E-state index contributed by atoms with van der Waals surface area (Å²) in [7, 11) is 0. The van der Waals surface area contributed by atoms with E-state index in [1.165, 1.54) is 35.1 Å². The molecule has 7 nitrogen and oxygen atoms in total. The van der Waals surface area contributed by atoms with Gasteiger partial charge in [-0.1, -0.05) is 0 Å². The molecule has 1 atom stereocenters. The van der Waals surface area contributed by atoms with E-state index in [0.717, 1.165) is 0 Å². The summed E-state index contributed by atoms with van der Waals surface area (Å²) < 4.78 is 30.6. The lowest BCUT2D eigenvalue weighted by Crippen LogP contribution is -2.23. The second-order valence-electron chi connectivity index (χ2n) is 5.95. The number of carbonyl (C=O) groups excluding carboxylic acids is 1. The molecule has 0 saturated heterocycles. The molecule has 0 spiro atoms. The van der Waals surface area contributed by atoms with E-state index >= 15 is 0 Å². The van der Waals surface area contributed by atoms with Crippen LogP contribution in [0.3, 0.4) is 0 Å². The van der Waals surface area contributed by atoms with E-state index in [0.29, 0.717) is 28.7 Å². The van der Waals surface area contributed by atoms with Crippen molar-refractivity contribution in [3.63, 3.8) is 0 Å². The lowest BCUT2D eigenvalue weighted by atomic mass is 10.2. The molecule has 1 unspecified atom stereocenters. The van der Waals surface area contributed by atoms with Gasteiger partial charge >= 0.3 is 0 Å². The average molecular weight is 369 g/mol. The highest BCUT2D eigenvalue weighted by molar-refractivity contribution is 5.93. The van der Waals surface area contributed by atoms with Gasteiger partial charge in [-0.2, -0.15) is 5.10 Å². The Hall–Kier alpha value is -3.55. The standard InChI is InChI=1S/C19H16FN3O4/c1-12(19(24)22-14-4-7-17-18(8-14)26-11-25-17)23-10-16(9-21-23)27-15-5-2-13(20)3-6-15/h2-10,12H,11H2,1H3,(H,22,24). The van der Waals surface area contributed by atoms with E-state index < -0.39 is 6.04 Å². The maximum absolute atomic E-state index is 12.9. The maximum atomic E-state index is 12.9. The molecule has 27 heavy (non-hydrogen) atoms. The average Bonchev–Trinajstić information content (AvgIpc) is 3.32. The van der Waals surface area contributed by atoms with Crippen molar-refractivity contribution < 1.29 is 23.4 Å². The van der Waals surface area contributed by atoms with Crippen LogP contribution in [-0.4, -0.2) is 22.5 Å². The van der Waals surface area contributed by atoms with Crippen LogP contribution < -0.4 is 19.5 Å². The second kappa shape index (κ2) is 6.99. The number of amides is 1. The van der Waals surface area contributed by atoms with Gasteiger partial charge in [-0.25, -0.2) is 4.39 Å². The Morgan fingerprint density at radius 2 is 1.96 bits per heavy atom. The minimum Gasteiger partial charge on any atom is -0.454 e. The molecule has 1 N–H and O–H groups in total. The molecule has 0 saturated carbocycles. The molecule has 2 heterocycles. The number of ether oxygens (including phenoxy) is 3. The highest BCUT2D eigenvalue weighted by atomic mass is 19.1. The highest BCUT2D eigenvalue weighted by Crippen LogP contribution is 2.34. The SMILES string of the molecule is CC(C(=O)Nc1ccc2c(c1)OCO2)n1cc(Oc2ccc(F)cc2)cn1. The molecule has 1 aliphatic heterocycles. The normalized spacial score (nSPS) is 13.3. The fourth-order valence-electron chi connectivity index (χ4n) is 2.56. The number of nitrogens with zero attached hydrogens (tertiary/aromatic N) is 2. The first-order valence-electron chi connectivity index (χ1n) is 8.26. The predicted octanol–water partition coefficient (Wildman–Crippen LogP) is 3.74. The van der Waals surface area contributed by atoms with E-state index in [1.54, 1.807) is 31.3 Å². The van der Waals surface area contributed by atoms with Gasteiger partial charge in [-0.3, -0.25) is 9.48 Å². The number of benzene rings is 2. The molecule has 1 aliphatic rings. The van der Waals surface area contributed by atoms with Crippen molar-refractivity contribution in [2.75, 3.05) is 12.1 Å². The molecule has 0 fully saturated rings. The van der Waals surface area contributed by atoms with Crippen LogP contribution in [0.5, 0.6) is 23.0 Å². The number of nitrogens with one attached hydrogen (secondary N) is 1. The Bertz CT molecular complexity index is 971. The molecule has 3 aromatic rings. The number of carbonyl (C=O) groups is 1. The van der Waals surface area contributed by atoms with Gasteiger partial charge in [0.2, 0.25) is 12.7 Å². The molecular weight excluding hydrogens is 353 g/mol. The largest absolute Gasteiger partial charge is 0.454 e. The van der Waals surface area contributed by atoms with Gasteiger partial charge in [0.1, 0.15) is 17.6 Å². The smallest absolute Gasteiger partial charge is 0.248 e. The van der Waals surface area contributed by atoms with Crippen molar-refractivity contribution in [3.05, 3.63) is 60.7 Å². The van der Waals surface area contributed by atoms with Crippen molar-refractivity contribution in [2.24, 2.45) is 0 Å².